The molecule has 19 heavy (non-hydrogen) atoms. The number of rotatable bonds is 0. The second-order valence-corrected chi connectivity index (χ2v) is 6.05. The lowest BCUT2D eigenvalue weighted by molar-refractivity contribution is 1.11. The van der Waals surface area contributed by atoms with E-state index >= 15 is 0 Å². The molecule has 0 atom stereocenters. The molecule has 0 radical (unpaired) electrons. The average Bonchev–Trinajstić information content (AvgIpc) is 2.91. The van der Waals surface area contributed by atoms with Gasteiger partial charge in [0.2, 0.25) is 0 Å². The number of nitrogens with zero attached hydrogens (tertiary/aromatic N) is 1. The number of benzene rings is 2. The fourth-order valence-electron chi connectivity index (χ4n) is 3.25. The first-order valence-electron chi connectivity index (χ1n) is 6.50. The summed E-state index contributed by atoms with van der Waals surface area (Å²) in [5.74, 6) is 1.07. The van der Waals surface area contributed by atoms with E-state index in [1.54, 1.807) is 0 Å². The number of thioether (sulfide) groups is 1. The third kappa shape index (κ3) is 1.13. The third-order valence-electron chi connectivity index (χ3n) is 4.05. The van der Waals surface area contributed by atoms with Crippen molar-refractivity contribution in [2.75, 3.05) is 0 Å². The van der Waals surface area contributed by atoms with Crippen LogP contribution in [0, 0.1) is 0 Å². The normalized spacial score (nSPS) is 13.9. The van der Waals surface area contributed by atoms with Gasteiger partial charge in [-0.2, -0.15) is 0 Å². The highest BCUT2D eigenvalue weighted by Crippen LogP contribution is 2.40. The fourth-order valence-corrected chi connectivity index (χ4v) is 4.29. The Morgan fingerprint density at radius 2 is 1.63 bits per heavy atom. The van der Waals surface area contributed by atoms with Crippen LogP contribution >= 0.6 is 11.8 Å². The van der Waals surface area contributed by atoms with Gasteiger partial charge in [0.05, 0.1) is 11.0 Å². The van der Waals surface area contributed by atoms with Gasteiger partial charge >= 0.3 is 0 Å². The molecule has 0 bridgehead atoms. The van der Waals surface area contributed by atoms with E-state index in [-0.39, 0.29) is 0 Å². The third-order valence-corrected chi connectivity index (χ3v) is 5.13. The van der Waals surface area contributed by atoms with Gasteiger partial charge in [0.1, 0.15) is 0 Å². The molecule has 0 spiro atoms. The van der Waals surface area contributed by atoms with Gasteiger partial charge in [-0.25, -0.2) is 0 Å². The SMILES string of the molecule is c1ccc2c(c1)c1cccc3c1n1c(ccc21)CS3. The number of hydrogen-bond acceptors (Lipinski definition) is 1. The predicted octanol–water partition coefficient (Wildman–Crippen LogP) is 4.85. The molecule has 5 rings (SSSR count). The van der Waals surface area contributed by atoms with E-state index in [1.165, 1.54) is 37.8 Å². The summed E-state index contributed by atoms with van der Waals surface area (Å²) in [5, 5.41) is 4.08. The molecule has 2 aromatic heterocycles. The van der Waals surface area contributed by atoms with E-state index in [9.17, 15) is 0 Å². The Hall–Kier alpha value is -1.93. The van der Waals surface area contributed by atoms with Gasteiger partial charge in [0, 0.05) is 27.1 Å². The van der Waals surface area contributed by atoms with Crippen LogP contribution in [-0.2, 0) is 5.75 Å². The van der Waals surface area contributed by atoms with Gasteiger partial charge in [0.15, 0.2) is 0 Å². The zero-order chi connectivity index (χ0) is 12.4. The molecule has 0 fully saturated rings. The number of pyridine rings is 1. The van der Waals surface area contributed by atoms with E-state index in [1.807, 2.05) is 11.8 Å². The van der Waals surface area contributed by atoms with Crippen LogP contribution < -0.4 is 0 Å². The molecule has 1 aliphatic rings. The molecule has 4 aromatic rings. The Morgan fingerprint density at radius 1 is 0.789 bits per heavy atom. The molecule has 3 heterocycles. The van der Waals surface area contributed by atoms with E-state index in [0.29, 0.717) is 0 Å². The molecule has 0 amide bonds. The molecule has 0 saturated carbocycles. The van der Waals surface area contributed by atoms with E-state index < -0.39 is 0 Å². The van der Waals surface area contributed by atoms with Gasteiger partial charge in [-0.3, -0.25) is 0 Å². The Kier molecular flexibility index (Phi) is 1.74. The summed E-state index contributed by atoms with van der Waals surface area (Å²) in [7, 11) is 0. The molecule has 0 saturated heterocycles. The molecule has 90 valence electrons. The number of aromatic nitrogens is 1. The van der Waals surface area contributed by atoms with E-state index in [0.717, 1.165) is 5.75 Å². The van der Waals surface area contributed by atoms with Crippen molar-refractivity contribution in [2.24, 2.45) is 0 Å². The quantitative estimate of drug-likeness (QED) is 0.409. The van der Waals surface area contributed by atoms with Crippen LogP contribution in [0.1, 0.15) is 5.69 Å². The summed E-state index contributed by atoms with van der Waals surface area (Å²) >= 11 is 1.95. The lowest BCUT2D eigenvalue weighted by atomic mass is 10.0. The summed E-state index contributed by atoms with van der Waals surface area (Å²) in [6, 6.07) is 19.9. The van der Waals surface area contributed by atoms with Crippen molar-refractivity contribution >= 4 is 39.0 Å². The summed E-state index contributed by atoms with van der Waals surface area (Å²) in [4.78, 5) is 1.40. The van der Waals surface area contributed by atoms with Crippen molar-refractivity contribution in [1.82, 2.24) is 4.40 Å². The van der Waals surface area contributed by atoms with Crippen LogP contribution in [0.3, 0.4) is 0 Å². The molecular weight excluding hydrogens is 250 g/mol. The molecular formula is C17H11NS. The van der Waals surface area contributed by atoms with E-state index in [4.69, 9.17) is 0 Å². The first-order valence-corrected chi connectivity index (χ1v) is 7.48. The summed E-state index contributed by atoms with van der Waals surface area (Å²) in [6.07, 6.45) is 0. The summed E-state index contributed by atoms with van der Waals surface area (Å²) in [6.45, 7) is 0. The van der Waals surface area contributed by atoms with Crippen molar-refractivity contribution in [2.45, 2.75) is 10.6 Å². The zero-order valence-corrected chi connectivity index (χ0v) is 11.1. The largest absolute Gasteiger partial charge is 0.311 e. The minimum atomic E-state index is 1.07. The molecule has 1 nitrogen and oxygen atoms in total. The predicted molar refractivity (Wildman–Crippen MR) is 82.0 cm³/mol. The highest BCUT2D eigenvalue weighted by molar-refractivity contribution is 7.98. The summed E-state index contributed by atoms with van der Waals surface area (Å²) in [5.41, 5.74) is 4.13. The second kappa shape index (κ2) is 3.34. The van der Waals surface area contributed by atoms with Gasteiger partial charge < -0.3 is 4.40 Å². The lowest BCUT2D eigenvalue weighted by Crippen LogP contribution is -2.00. The molecule has 0 aliphatic carbocycles. The average molecular weight is 261 g/mol. The number of hydrogen-bond donors (Lipinski definition) is 0. The Morgan fingerprint density at radius 3 is 2.58 bits per heavy atom. The van der Waals surface area contributed by atoms with Gasteiger partial charge in [-0.15, -0.1) is 11.8 Å². The van der Waals surface area contributed by atoms with Crippen LogP contribution in [0.5, 0.6) is 0 Å². The zero-order valence-electron chi connectivity index (χ0n) is 10.3. The number of para-hydroxylation sites is 1. The minimum Gasteiger partial charge on any atom is -0.311 e. The van der Waals surface area contributed by atoms with Crippen LogP contribution in [0.15, 0.2) is 59.5 Å². The maximum absolute atomic E-state index is 2.45. The molecule has 0 N–H and O–H groups in total. The van der Waals surface area contributed by atoms with Crippen molar-refractivity contribution in [1.29, 1.82) is 0 Å². The maximum Gasteiger partial charge on any atom is 0.0673 e. The van der Waals surface area contributed by atoms with Crippen LogP contribution in [0.2, 0.25) is 0 Å². The Bertz CT molecular complexity index is 965. The number of fused-ring (bicyclic) bond motifs is 3. The van der Waals surface area contributed by atoms with Crippen molar-refractivity contribution in [3.8, 4) is 0 Å². The Balaban J connectivity index is 2.27. The maximum atomic E-state index is 2.45. The fraction of sp³-hybridized carbons (Fsp3) is 0.0588. The highest BCUT2D eigenvalue weighted by Gasteiger charge is 2.18. The topological polar surface area (TPSA) is 4.41 Å². The standard InChI is InChI=1S/C17H11NS/c1-2-5-13-12(4-1)14-6-3-7-16-17(14)18-11(10-19-16)8-9-15(13)18/h1-9H,10H2. The summed E-state index contributed by atoms with van der Waals surface area (Å²) < 4.78 is 2.45. The second-order valence-electron chi connectivity index (χ2n) is 5.03. The highest BCUT2D eigenvalue weighted by atomic mass is 32.2. The van der Waals surface area contributed by atoms with Crippen molar-refractivity contribution in [3.63, 3.8) is 0 Å². The van der Waals surface area contributed by atoms with Crippen LogP contribution in [0.25, 0.3) is 27.2 Å². The first kappa shape index (κ1) is 9.93. The smallest absolute Gasteiger partial charge is 0.0673 e. The van der Waals surface area contributed by atoms with Crippen LogP contribution in [0.4, 0.5) is 0 Å². The molecule has 1 aliphatic heterocycles. The molecule has 0 unspecified atom stereocenters. The van der Waals surface area contributed by atoms with Gasteiger partial charge in [-0.1, -0.05) is 36.4 Å². The van der Waals surface area contributed by atoms with Gasteiger partial charge in [-0.05, 0) is 23.6 Å². The molecule has 2 heteroatoms. The first-order chi connectivity index (χ1) is 9.43. The minimum absolute atomic E-state index is 1.07. The molecule has 2 aromatic carbocycles. The van der Waals surface area contributed by atoms with Crippen LogP contribution in [-0.4, -0.2) is 4.40 Å². The van der Waals surface area contributed by atoms with Gasteiger partial charge in [0.25, 0.3) is 0 Å². The Labute approximate surface area is 114 Å². The van der Waals surface area contributed by atoms with Crippen molar-refractivity contribution in [3.05, 3.63) is 60.3 Å². The lowest BCUT2D eigenvalue weighted by Gasteiger charge is -2.18. The monoisotopic (exact) mass is 261 g/mol. The van der Waals surface area contributed by atoms with E-state index in [2.05, 4.69) is 59.0 Å². The van der Waals surface area contributed by atoms with Crippen molar-refractivity contribution < 1.29 is 0 Å².